The zero-order valence-electron chi connectivity index (χ0n) is 11.8. The summed E-state index contributed by atoms with van der Waals surface area (Å²) in [6.45, 7) is 1.78. The maximum absolute atomic E-state index is 5.55. The molecule has 4 rings (SSSR count). The van der Waals surface area contributed by atoms with Gasteiger partial charge in [-0.15, -0.1) is 11.3 Å². The predicted molar refractivity (Wildman–Crippen MR) is 89.7 cm³/mol. The van der Waals surface area contributed by atoms with E-state index in [4.69, 9.17) is 4.74 Å². The maximum atomic E-state index is 5.55. The standard InChI is InChI=1S/C18H17NOS/c1-3-17-14(6-9-20-17)11-13(1)5-8-19-16-2-4-18-15(12-16)7-10-21-18/h1-4,7,10-12,19H,5-6,8-9H2. The van der Waals surface area contributed by atoms with Crippen molar-refractivity contribution in [2.24, 2.45) is 0 Å². The average molecular weight is 295 g/mol. The van der Waals surface area contributed by atoms with Crippen LogP contribution in [-0.2, 0) is 12.8 Å². The summed E-state index contributed by atoms with van der Waals surface area (Å²) >= 11 is 1.79. The molecule has 0 bridgehead atoms. The van der Waals surface area contributed by atoms with Crippen LogP contribution >= 0.6 is 11.3 Å². The second-order valence-corrected chi connectivity index (χ2v) is 6.34. The SMILES string of the molecule is c1cc2cc(NCCc3ccc4c(c3)CCO4)ccc2s1. The Balaban J connectivity index is 1.40. The lowest BCUT2D eigenvalue weighted by Crippen LogP contribution is -2.04. The minimum atomic E-state index is 0.831. The molecule has 106 valence electrons. The van der Waals surface area contributed by atoms with E-state index < -0.39 is 0 Å². The van der Waals surface area contributed by atoms with Crippen LogP contribution in [0.5, 0.6) is 5.75 Å². The quantitative estimate of drug-likeness (QED) is 0.765. The molecule has 0 spiro atoms. The Morgan fingerprint density at radius 1 is 1.10 bits per heavy atom. The van der Waals surface area contributed by atoms with Gasteiger partial charge in [0.2, 0.25) is 0 Å². The number of ether oxygens (including phenoxy) is 1. The van der Waals surface area contributed by atoms with Crippen molar-refractivity contribution in [3.05, 3.63) is 59.0 Å². The third-order valence-electron chi connectivity index (χ3n) is 3.95. The molecule has 0 aliphatic carbocycles. The third kappa shape index (κ3) is 2.61. The van der Waals surface area contributed by atoms with Gasteiger partial charge in [-0.2, -0.15) is 0 Å². The Labute approximate surface area is 128 Å². The molecule has 0 saturated carbocycles. The van der Waals surface area contributed by atoms with Gasteiger partial charge in [-0.05, 0) is 58.6 Å². The summed E-state index contributed by atoms with van der Waals surface area (Å²) in [7, 11) is 0. The summed E-state index contributed by atoms with van der Waals surface area (Å²) in [6, 6.07) is 15.3. The van der Waals surface area contributed by atoms with E-state index in [-0.39, 0.29) is 0 Å². The van der Waals surface area contributed by atoms with Crippen LogP contribution in [0.3, 0.4) is 0 Å². The van der Waals surface area contributed by atoms with E-state index in [2.05, 4.69) is 53.2 Å². The second kappa shape index (κ2) is 5.41. The molecule has 0 unspecified atom stereocenters. The molecule has 3 aromatic rings. The van der Waals surface area contributed by atoms with Gasteiger partial charge in [-0.3, -0.25) is 0 Å². The molecule has 1 aliphatic rings. The van der Waals surface area contributed by atoms with Crippen LogP contribution in [0.1, 0.15) is 11.1 Å². The Kier molecular flexibility index (Phi) is 3.28. The van der Waals surface area contributed by atoms with Crippen molar-refractivity contribution in [2.45, 2.75) is 12.8 Å². The summed E-state index contributed by atoms with van der Waals surface area (Å²) in [6.07, 6.45) is 2.08. The number of hydrogen-bond acceptors (Lipinski definition) is 3. The lowest BCUT2D eigenvalue weighted by Gasteiger charge is -2.08. The van der Waals surface area contributed by atoms with Gasteiger partial charge in [0.05, 0.1) is 6.61 Å². The van der Waals surface area contributed by atoms with Crippen LogP contribution in [0.25, 0.3) is 10.1 Å². The molecule has 1 aliphatic heterocycles. The van der Waals surface area contributed by atoms with Crippen molar-refractivity contribution >= 4 is 27.1 Å². The Morgan fingerprint density at radius 2 is 2.10 bits per heavy atom. The molecule has 2 nitrogen and oxygen atoms in total. The number of benzene rings is 2. The molecule has 0 saturated heterocycles. The lowest BCUT2D eigenvalue weighted by atomic mass is 10.1. The molecule has 21 heavy (non-hydrogen) atoms. The Hall–Kier alpha value is -2.00. The maximum Gasteiger partial charge on any atom is 0.122 e. The molecule has 0 amide bonds. The van der Waals surface area contributed by atoms with Gasteiger partial charge < -0.3 is 10.1 Å². The van der Waals surface area contributed by atoms with Crippen LogP contribution < -0.4 is 10.1 Å². The van der Waals surface area contributed by atoms with Crippen LogP contribution in [0.4, 0.5) is 5.69 Å². The number of fused-ring (bicyclic) bond motifs is 2. The third-order valence-corrected chi connectivity index (χ3v) is 4.85. The topological polar surface area (TPSA) is 21.3 Å². The van der Waals surface area contributed by atoms with E-state index >= 15 is 0 Å². The molecule has 3 heteroatoms. The molecule has 0 atom stereocenters. The first kappa shape index (κ1) is 12.7. The summed E-state index contributed by atoms with van der Waals surface area (Å²) in [5, 5.41) is 6.98. The van der Waals surface area contributed by atoms with Gasteiger partial charge in [0.15, 0.2) is 0 Å². The van der Waals surface area contributed by atoms with Crippen molar-refractivity contribution < 1.29 is 4.74 Å². The van der Waals surface area contributed by atoms with E-state index in [0.717, 1.165) is 31.7 Å². The van der Waals surface area contributed by atoms with Gasteiger partial charge in [0.1, 0.15) is 5.75 Å². The normalized spacial score (nSPS) is 13.1. The Morgan fingerprint density at radius 3 is 3.10 bits per heavy atom. The van der Waals surface area contributed by atoms with Crippen LogP contribution in [0.15, 0.2) is 47.8 Å². The minimum Gasteiger partial charge on any atom is -0.493 e. The van der Waals surface area contributed by atoms with E-state index in [9.17, 15) is 0 Å². The van der Waals surface area contributed by atoms with Crippen molar-refractivity contribution in [1.82, 2.24) is 0 Å². The van der Waals surface area contributed by atoms with Crippen molar-refractivity contribution in [3.63, 3.8) is 0 Å². The summed E-state index contributed by atoms with van der Waals surface area (Å²) < 4.78 is 6.89. The molecular weight excluding hydrogens is 278 g/mol. The number of nitrogens with one attached hydrogen (secondary N) is 1. The van der Waals surface area contributed by atoms with Crippen molar-refractivity contribution in [3.8, 4) is 5.75 Å². The molecule has 1 aromatic heterocycles. The number of hydrogen-bond donors (Lipinski definition) is 1. The highest BCUT2D eigenvalue weighted by Crippen LogP contribution is 2.26. The zero-order chi connectivity index (χ0) is 14.1. The highest BCUT2D eigenvalue weighted by molar-refractivity contribution is 7.17. The lowest BCUT2D eigenvalue weighted by molar-refractivity contribution is 0.357. The largest absolute Gasteiger partial charge is 0.493 e. The van der Waals surface area contributed by atoms with Gasteiger partial charge >= 0.3 is 0 Å². The first-order valence-electron chi connectivity index (χ1n) is 7.34. The second-order valence-electron chi connectivity index (χ2n) is 5.39. The molecule has 2 aromatic carbocycles. The molecular formula is C18H17NOS. The average Bonchev–Trinajstić information content (AvgIpc) is 3.14. The van der Waals surface area contributed by atoms with Crippen LogP contribution in [-0.4, -0.2) is 13.2 Å². The molecule has 0 fully saturated rings. The molecule has 1 N–H and O–H groups in total. The van der Waals surface area contributed by atoms with Crippen molar-refractivity contribution in [1.29, 1.82) is 0 Å². The van der Waals surface area contributed by atoms with E-state index in [0.29, 0.717) is 0 Å². The summed E-state index contributed by atoms with van der Waals surface area (Å²) in [5.41, 5.74) is 3.93. The predicted octanol–water partition coefficient (Wildman–Crippen LogP) is 4.49. The smallest absolute Gasteiger partial charge is 0.122 e. The minimum absolute atomic E-state index is 0.831. The van der Waals surface area contributed by atoms with Crippen molar-refractivity contribution in [2.75, 3.05) is 18.5 Å². The van der Waals surface area contributed by atoms with Gasteiger partial charge in [-0.1, -0.05) is 12.1 Å². The summed E-state index contributed by atoms with van der Waals surface area (Å²) in [5.74, 6) is 1.06. The fourth-order valence-electron chi connectivity index (χ4n) is 2.82. The number of rotatable bonds is 4. The van der Waals surface area contributed by atoms with Gasteiger partial charge in [0, 0.05) is 23.4 Å². The fraction of sp³-hybridized carbons (Fsp3) is 0.222. The molecule has 2 heterocycles. The summed E-state index contributed by atoms with van der Waals surface area (Å²) in [4.78, 5) is 0. The van der Waals surface area contributed by atoms with E-state index in [1.807, 2.05) is 0 Å². The fourth-order valence-corrected chi connectivity index (χ4v) is 3.59. The number of anilines is 1. The highest BCUT2D eigenvalue weighted by Gasteiger charge is 2.11. The van der Waals surface area contributed by atoms with Crippen LogP contribution in [0, 0.1) is 0 Å². The Bertz CT molecular complexity index is 778. The van der Waals surface area contributed by atoms with Gasteiger partial charge in [0.25, 0.3) is 0 Å². The molecule has 0 radical (unpaired) electrons. The highest BCUT2D eigenvalue weighted by atomic mass is 32.1. The van der Waals surface area contributed by atoms with Crippen LogP contribution in [0.2, 0.25) is 0 Å². The van der Waals surface area contributed by atoms with Gasteiger partial charge in [-0.25, -0.2) is 0 Å². The van der Waals surface area contributed by atoms with E-state index in [1.165, 1.54) is 26.9 Å². The first-order chi connectivity index (χ1) is 10.4. The number of thiophene rings is 1. The first-order valence-corrected chi connectivity index (χ1v) is 8.22. The zero-order valence-corrected chi connectivity index (χ0v) is 12.6. The monoisotopic (exact) mass is 295 g/mol. The van der Waals surface area contributed by atoms with E-state index in [1.54, 1.807) is 11.3 Å².